The lowest BCUT2D eigenvalue weighted by Gasteiger charge is -2.37. The van der Waals surface area contributed by atoms with Gasteiger partial charge in [-0.1, -0.05) is 17.7 Å². The normalized spacial score (nSPS) is 28.1. The van der Waals surface area contributed by atoms with Crippen LogP contribution in [0.4, 0.5) is 5.69 Å². The fraction of sp³-hybridized carbons (Fsp3) is 0.600. The van der Waals surface area contributed by atoms with Crippen molar-refractivity contribution in [2.75, 3.05) is 32.1 Å². The highest BCUT2D eigenvalue weighted by Gasteiger charge is 2.28. The smallest absolute Gasteiger partial charge is 0.133 e. The number of nitrogens with one attached hydrogen (secondary N) is 5. The SMILES string of the molecule is CNC1CC(C)NC(Nc2cc3c(c(C4=CCNCCC4)c2Cl)OCC3)N1. The van der Waals surface area contributed by atoms with Crippen molar-refractivity contribution in [3.63, 3.8) is 0 Å². The van der Waals surface area contributed by atoms with Crippen molar-refractivity contribution in [2.24, 2.45) is 0 Å². The van der Waals surface area contributed by atoms with E-state index in [1.165, 1.54) is 11.1 Å². The van der Waals surface area contributed by atoms with Gasteiger partial charge >= 0.3 is 0 Å². The molecule has 27 heavy (non-hydrogen) atoms. The number of allylic oxidation sites excluding steroid dienone is 1. The summed E-state index contributed by atoms with van der Waals surface area (Å²) in [6.07, 6.45) is 6.58. The molecular weight excluding hydrogens is 362 g/mol. The Hall–Kier alpha value is -1.31. The Labute approximate surface area is 166 Å². The summed E-state index contributed by atoms with van der Waals surface area (Å²) in [5.41, 5.74) is 4.57. The predicted octanol–water partition coefficient (Wildman–Crippen LogP) is 2.25. The quantitative estimate of drug-likeness (QED) is 0.542. The Kier molecular flexibility index (Phi) is 5.90. The van der Waals surface area contributed by atoms with E-state index in [9.17, 15) is 0 Å². The molecule has 148 valence electrons. The summed E-state index contributed by atoms with van der Waals surface area (Å²) in [5, 5.41) is 18.2. The number of rotatable bonds is 4. The van der Waals surface area contributed by atoms with Crippen LogP contribution in [0.3, 0.4) is 0 Å². The Morgan fingerprint density at radius 3 is 3.00 bits per heavy atom. The molecule has 3 atom stereocenters. The lowest BCUT2D eigenvalue weighted by molar-refractivity contribution is 0.249. The lowest BCUT2D eigenvalue weighted by Crippen LogP contribution is -2.63. The van der Waals surface area contributed by atoms with E-state index < -0.39 is 0 Å². The van der Waals surface area contributed by atoms with Crippen LogP contribution < -0.4 is 31.3 Å². The number of ether oxygens (including phenoxy) is 1. The first kappa shape index (κ1) is 19.0. The second-order valence-corrected chi connectivity index (χ2v) is 8.00. The molecule has 3 heterocycles. The molecule has 0 aliphatic carbocycles. The van der Waals surface area contributed by atoms with Crippen LogP contribution in [-0.2, 0) is 6.42 Å². The van der Waals surface area contributed by atoms with Gasteiger partial charge < -0.3 is 20.7 Å². The van der Waals surface area contributed by atoms with E-state index in [0.717, 1.165) is 67.4 Å². The maximum atomic E-state index is 6.93. The number of anilines is 1. The van der Waals surface area contributed by atoms with E-state index in [-0.39, 0.29) is 12.5 Å². The second kappa shape index (κ2) is 8.37. The summed E-state index contributed by atoms with van der Waals surface area (Å²) in [5.74, 6) is 0.977. The molecule has 0 saturated carbocycles. The van der Waals surface area contributed by atoms with Crippen molar-refractivity contribution in [1.82, 2.24) is 21.3 Å². The summed E-state index contributed by atoms with van der Waals surface area (Å²) in [6.45, 7) is 4.85. The maximum Gasteiger partial charge on any atom is 0.133 e. The van der Waals surface area contributed by atoms with Crippen LogP contribution in [0.15, 0.2) is 12.1 Å². The average molecular weight is 392 g/mol. The van der Waals surface area contributed by atoms with E-state index >= 15 is 0 Å². The highest BCUT2D eigenvalue weighted by molar-refractivity contribution is 6.35. The van der Waals surface area contributed by atoms with Gasteiger partial charge in [-0.15, -0.1) is 0 Å². The molecule has 4 rings (SSSR count). The fourth-order valence-electron chi connectivity index (χ4n) is 4.20. The van der Waals surface area contributed by atoms with Gasteiger partial charge in [0.05, 0.1) is 23.5 Å². The summed E-state index contributed by atoms with van der Waals surface area (Å²) in [4.78, 5) is 0. The first-order valence-electron chi connectivity index (χ1n) is 10.00. The standard InChI is InChI=1S/C20H30ClN5O/c1-12-10-16(22-2)26-20(24-12)25-15-11-14-6-9-27-19(14)17(18(15)21)13-4-3-7-23-8-5-13/h5,11-12,16,20,22-26H,3-4,6-10H2,1-2H3. The summed E-state index contributed by atoms with van der Waals surface area (Å²) in [7, 11) is 1.98. The van der Waals surface area contributed by atoms with Crippen LogP contribution >= 0.6 is 11.6 Å². The van der Waals surface area contributed by atoms with Crippen molar-refractivity contribution < 1.29 is 4.74 Å². The fourth-order valence-corrected chi connectivity index (χ4v) is 4.51. The third kappa shape index (κ3) is 4.10. The van der Waals surface area contributed by atoms with Crippen molar-refractivity contribution in [1.29, 1.82) is 0 Å². The molecule has 3 aliphatic heterocycles. The highest BCUT2D eigenvalue weighted by Crippen LogP contribution is 2.44. The molecule has 1 fully saturated rings. The zero-order chi connectivity index (χ0) is 18.8. The molecule has 6 nitrogen and oxygen atoms in total. The van der Waals surface area contributed by atoms with Crippen LogP contribution in [0.2, 0.25) is 5.02 Å². The Morgan fingerprint density at radius 1 is 1.26 bits per heavy atom. The monoisotopic (exact) mass is 391 g/mol. The summed E-state index contributed by atoms with van der Waals surface area (Å²) >= 11 is 6.93. The van der Waals surface area contributed by atoms with E-state index in [2.05, 4.69) is 45.7 Å². The number of benzene rings is 1. The van der Waals surface area contributed by atoms with E-state index in [0.29, 0.717) is 6.04 Å². The van der Waals surface area contributed by atoms with Gasteiger partial charge in [0, 0.05) is 30.1 Å². The van der Waals surface area contributed by atoms with Crippen LogP contribution in [0, 0.1) is 0 Å². The number of halogens is 1. The van der Waals surface area contributed by atoms with Gasteiger partial charge in [0.1, 0.15) is 12.0 Å². The first-order chi connectivity index (χ1) is 13.2. The van der Waals surface area contributed by atoms with Crippen molar-refractivity contribution in [3.05, 3.63) is 28.3 Å². The van der Waals surface area contributed by atoms with Gasteiger partial charge in [0.2, 0.25) is 0 Å². The molecule has 0 aromatic heterocycles. The zero-order valence-electron chi connectivity index (χ0n) is 16.1. The van der Waals surface area contributed by atoms with Crippen LogP contribution in [0.1, 0.15) is 37.3 Å². The first-order valence-corrected chi connectivity index (χ1v) is 10.4. The third-order valence-corrected chi connectivity index (χ3v) is 5.97. The van der Waals surface area contributed by atoms with Gasteiger partial charge in [-0.25, -0.2) is 0 Å². The lowest BCUT2D eigenvalue weighted by atomic mass is 9.96. The van der Waals surface area contributed by atoms with Gasteiger partial charge in [-0.2, -0.15) is 0 Å². The van der Waals surface area contributed by atoms with Gasteiger partial charge in [0.15, 0.2) is 0 Å². The Morgan fingerprint density at radius 2 is 2.15 bits per heavy atom. The van der Waals surface area contributed by atoms with Crippen LogP contribution in [-0.4, -0.2) is 45.2 Å². The third-order valence-electron chi connectivity index (χ3n) is 5.58. The highest BCUT2D eigenvalue weighted by atomic mass is 35.5. The largest absolute Gasteiger partial charge is 0.492 e. The molecule has 0 spiro atoms. The summed E-state index contributed by atoms with van der Waals surface area (Å²) in [6, 6.07) is 2.56. The molecule has 7 heteroatoms. The minimum absolute atomic E-state index is 0.0401. The van der Waals surface area contributed by atoms with E-state index in [1.54, 1.807) is 0 Å². The minimum Gasteiger partial charge on any atom is -0.492 e. The van der Waals surface area contributed by atoms with Crippen LogP contribution in [0.25, 0.3) is 5.57 Å². The predicted molar refractivity (Wildman–Crippen MR) is 111 cm³/mol. The van der Waals surface area contributed by atoms with Gasteiger partial charge in [-0.3, -0.25) is 10.6 Å². The number of hydrogen-bond acceptors (Lipinski definition) is 6. The molecule has 1 aromatic carbocycles. The molecule has 1 saturated heterocycles. The van der Waals surface area contributed by atoms with Crippen molar-refractivity contribution in [3.8, 4) is 5.75 Å². The van der Waals surface area contributed by atoms with Crippen molar-refractivity contribution in [2.45, 2.75) is 51.1 Å². The maximum absolute atomic E-state index is 6.93. The molecule has 0 amide bonds. The van der Waals surface area contributed by atoms with E-state index in [1.807, 2.05) is 7.05 Å². The second-order valence-electron chi connectivity index (χ2n) is 7.63. The topological polar surface area (TPSA) is 69.4 Å². The molecule has 1 aromatic rings. The molecular formula is C20H30ClN5O. The number of fused-ring (bicyclic) bond motifs is 1. The Bertz CT molecular complexity index is 723. The van der Waals surface area contributed by atoms with E-state index in [4.69, 9.17) is 16.3 Å². The Balaban J connectivity index is 1.65. The average Bonchev–Trinajstić information content (AvgIpc) is 2.95. The summed E-state index contributed by atoms with van der Waals surface area (Å²) < 4.78 is 5.99. The minimum atomic E-state index is -0.0401. The van der Waals surface area contributed by atoms with Crippen LogP contribution in [0.5, 0.6) is 5.75 Å². The number of hydrogen-bond donors (Lipinski definition) is 5. The van der Waals surface area contributed by atoms with Crippen molar-refractivity contribution >= 4 is 22.9 Å². The molecule has 3 unspecified atom stereocenters. The molecule has 0 radical (unpaired) electrons. The molecule has 0 bridgehead atoms. The molecule has 5 N–H and O–H groups in total. The molecule has 3 aliphatic rings. The van der Waals surface area contributed by atoms with Gasteiger partial charge in [0.25, 0.3) is 0 Å². The zero-order valence-corrected chi connectivity index (χ0v) is 16.9. The van der Waals surface area contributed by atoms with Gasteiger partial charge in [-0.05, 0) is 51.4 Å².